The van der Waals surface area contributed by atoms with Crippen LogP contribution in [0.2, 0.25) is 5.02 Å². The number of nitrogens with zero attached hydrogens (tertiary/aromatic N) is 1. The van der Waals surface area contributed by atoms with Crippen LogP contribution in [0.5, 0.6) is 0 Å². The average molecular weight is 335 g/mol. The third-order valence-corrected chi connectivity index (χ3v) is 4.12. The van der Waals surface area contributed by atoms with Crippen molar-refractivity contribution in [3.8, 4) is 0 Å². The maximum atomic E-state index is 13.0. The quantitative estimate of drug-likeness (QED) is 0.916. The summed E-state index contributed by atoms with van der Waals surface area (Å²) < 4.78 is 13.0. The van der Waals surface area contributed by atoms with Crippen LogP contribution in [0.1, 0.15) is 24.8 Å². The smallest absolute Gasteiger partial charge is 0.222 e. The fourth-order valence-electron chi connectivity index (χ4n) is 2.48. The number of piperidine rings is 1. The molecule has 1 fully saturated rings. The maximum Gasteiger partial charge on any atom is 0.222 e. The molecule has 1 aliphatic rings. The lowest BCUT2D eigenvalue weighted by atomic mass is 9.94. The molecule has 118 valence electrons. The largest absolute Gasteiger partial charge is 0.341 e. The van der Waals surface area contributed by atoms with E-state index >= 15 is 0 Å². The summed E-state index contributed by atoms with van der Waals surface area (Å²) in [5.41, 5.74) is 0.772. The Morgan fingerprint density at radius 1 is 1.43 bits per heavy atom. The molecule has 6 heteroatoms. The summed E-state index contributed by atoms with van der Waals surface area (Å²) in [5.74, 6) is 0.231. The van der Waals surface area contributed by atoms with E-state index in [1.54, 1.807) is 18.0 Å². The number of rotatable bonds is 4. The molecule has 0 atom stereocenters. The highest BCUT2D eigenvalue weighted by Gasteiger charge is 2.19. The SMILES string of the molecule is CN(Cc1ccc(F)cc1Cl)C(=O)CC1CCNCC1.Cl. The fraction of sp³-hybridized carbons (Fsp3) is 0.533. The minimum atomic E-state index is -0.359. The van der Waals surface area contributed by atoms with E-state index in [9.17, 15) is 9.18 Å². The number of nitrogens with one attached hydrogen (secondary N) is 1. The zero-order valence-electron chi connectivity index (χ0n) is 12.1. The van der Waals surface area contributed by atoms with Crippen molar-refractivity contribution >= 4 is 29.9 Å². The molecule has 1 aliphatic heterocycles. The van der Waals surface area contributed by atoms with Crippen LogP contribution in [-0.4, -0.2) is 30.9 Å². The van der Waals surface area contributed by atoms with Gasteiger partial charge in [-0.25, -0.2) is 4.39 Å². The second-order valence-corrected chi connectivity index (χ2v) is 5.79. The Kier molecular flexibility index (Phi) is 7.43. The number of amides is 1. The first-order valence-electron chi connectivity index (χ1n) is 6.95. The van der Waals surface area contributed by atoms with Gasteiger partial charge in [-0.1, -0.05) is 17.7 Å². The molecule has 0 aliphatic carbocycles. The van der Waals surface area contributed by atoms with Crippen molar-refractivity contribution in [2.75, 3.05) is 20.1 Å². The van der Waals surface area contributed by atoms with E-state index in [2.05, 4.69) is 5.32 Å². The Morgan fingerprint density at radius 2 is 2.10 bits per heavy atom. The molecule has 0 spiro atoms. The van der Waals surface area contributed by atoms with Gasteiger partial charge in [-0.05, 0) is 49.5 Å². The lowest BCUT2D eigenvalue weighted by molar-refractivity contribution is -0.131. The Morgan fingerprint density at radius 3 is 2.71 bits per heavy atom. The van der Waals surface area contributed by atoms with Gasteiger partial charge in [0.25, 0.3) is 0 Å². The first-order chi connectivity index (χ1) is 9.56. The number of halogens is 3. The van der Waals surface area contributed by atoms with E-state index in [0.29, 0.717) is 23.9 Å². The number of carbonyl (C=O) groups excluding carboxylic acids is 1. The maximum absolute atomic E-state index is 13.0. The van der Waals surface area contributed by atoms with E-state index < -0.39 is 0 Å². The van der Waals surface area contributed by atoms with Gasteiger partial charge in [-0.15, -0.1) is 12.4 Å². The van der Waals surface area contributed by atoms with E-state index in [1.807, 2.05) is 0 Å². The van der Waals surface area contributed by atoms with E-state index in [4.69, 9.17) is 11.6 Å². The molecule has 0 radical (unpaired) electrons. The number of hydrogen-bond acceptors (Lipinski definition) is 2. The van der Waals surface area contributed by atoms with Gasteiger partial charge in [-0.2, -0.15) is 0 Å². The highest BCUT2D eigenvalue weighted by Crippen LogP contribution is 2.21. The molecule has 2 rings (SSSR count). The molecule has 1 aromatic rings. The van der Waals surface area contributed by atoms with Crippen molar-refractivity contribution in [1.29, 1.82) is 0 Å². The Labute approximate surface area is 136 Å². The van der Waals surface area contributed by atoms with Gasteiger partial charge in [-0.3, -0.25) is 4.79 Å². The molecule has 0 unspecified atom stereocenters. The van der Waals surface area contributed by atoms with Crippen LogP contribution in [0.3, 0.4) is 0 Å². The normalized spacial score (nSPS) is 15.4. The third kappa shape index (κ3) is 5.46. The van der Waals surface area contributed by atoms with Crippen molar-refractivity contribution in [1.82, 2.24) is 10.2 Å². The van der Waals surface area contributed by atoms with Gasteiger partial charge in [0.1, 0.15) is 5.82 Å². The molecule has 3 nitrogen and oxygen atoms in total. The Hall–Kier alpha value is -0.840. The molecule has 1 heterocycles. The van der Waals surface area contributed by atoms with Crippen molar-refractivity contribution in [3.05, 3.63) is 34.6 Å². The minimum absolute atomic E-state index is 0. The van der Waals surface area contributed by atoms with Gasteiger partial charge in [0.2, 0.25) is 5.91 Å². The highest BCUT2D eigenvalue weighted by atomic mass is 35.5. The summed E-state index contributed by atoms with van der Waals surface area (Å²) in [4.78, 5) is 13.9. The predicted molar refractivity (Wildman–Crippen MR) is 85.3 cm³/mol. The van der Waals surface area contributed by atoms with Crippen LogP contribution < -0.4 is 5.32 Å². The Bertz CT molecular complexity index is 479. The van der Waals surface area contributed by atoms with E-state index in [1.165, 1.54) is 12.1 Å². The summed E-state index contributed by atoms with van der Waals surface area (Å²) in [6.07, 6.45) is 2.69. The molecular weight excluding hydrogens is 314 g/mol. The lowest BCUT2D eigenvalue weighted by Crippen LogP contribution is -2.33. The van der Waals surface area contributed by atoms with Crippen LogP contribution >= 0.6 is 24.0 Å². The number of benzene rings is 1. The summed E-state index contributed by atoms with van der Waals surface area (Å²) in [7, 11) is 1.77. The van der Waals surface area contributed by atoms with Gasteiger partial charge < -0.3 is 10.2 Å². The zero-order chi connectivity index (χ0) is 14.5. The zero-order valence-corrected chi connectivity index (χ0v) is 13.6. The third-order valence-electron chi connectivity index (χ3n) is 3.77. The Balaban J connectivity index is 0.00000220. The summed E-state index contributed by atoms with van der Waals surface area (Å²) in [6, 6.07) is 4.28. The first-order valence-corrected chi connectivity index (χ1v) is 7.32. The molecule has 0 saturated carbocycles. The predicted octanol–water partition coefficient (Wildman–Crippen LogP) is 3.25. The highest BCUT2D eigenvalue weighted by molar-refractivity contribution is 6.31. The monoisotopic (exact) mass is 334 g/mol. The van der Waals surface area contributed by atoms with Gasteiger partial charge in [0.15, 0.2) is 0 Å². The molecule has 0 bridgehead atoms. The molecule has 1 N–H and O–H groups in total. The average Bonchev–Trinajstić information content (AvgIpc) is 2.43. The summed E-state index contributed by atoms with van der Waals surface area (Å²) in [6.45, 7) is 2.40. The molecule has 21 heavy (non-hydrogen) atoms. The minimum Gasteiger partial charge on any atom is -0.341 e. The van der Waals surface area contributed by atoms with Crippen LogP contribution in [0, 0.1) is 11.7 Å². The standard InChI is InChI=1S/C15H20ClFN2O.ClH/c1-19(10-12-2-3-13(17)9-14(12)16)15(20)8-11-4-6-18-7-5-11;/h2-3,9,11,18H,4-8,10H2,1H3;1H. The lowest BCUT2D eigenvalue weighted by Gasteiger charge is -2.25. The second kappa shape index (κ2) is 8.57. The van der Waals surface area contributed by atoms with Crippen molar-refractivity contribution in [3.63, 3.8) is 0 Å². The number of hydrogen-bond donors (Lipinski definition) is 1. The summed E-state index contributed by atoms with van der Waals surface area (Å²) >= 11 is 5.98. The second-order valence-electron chi connectivity index (χ2n) is 5.38. The number of carbonyl (C=O) groups is 1. The van der Waals surface area contributed by atoms with Crippen LogP contribution in [0.25, 0.3) is 0 Å². The van der Waals surface area contributed by atoms with Crippen molar-refractivity contribution in [2.45, 2.75) is 25.8 Å². The summed E-state index contributed by atoms with van der Waals surface area (Å²) in [5, 5.41) is 3.66. The first kappa shape index (κ1) is 18.2. The van der Waals surface area contributed by atoms with Crippen molar-refractivity contribution < 1.29 is 9.18 Å². The van der Waals surface area contributed by atoms with Crippen LogP contribution in [0.15, 0.2) is 18.2 Å². The molecule has 1 saturated heterocycles. The molecular formula is C15H21Cl2FN2O. The molecule has 1 aromatic carbocycles. The van der Waals surface area contributed by atoms with E-state index in [-0.39, 0.29) is 24.1 Å². The van der Waals surface area contributed by atoms with Gasteiger partial charge in [0.05, 0.1) is 0 Å². The van der Waals surface area contributed by atoms with Crippen molar-refractivity contribution in [2.24, 2.45) is 5.92 Å². The molecule has 0 aromatic heterocycles. The molecule has 1 amide bonds. The van der Waals surface area contributed by atoms with Crippen LogP contribution in [0.4, 0.5) is 4.39 Å². The van der Waals surface area contributed by atoms with Gasteiger partial charge in [0, 0.05) is 25.0 Å². The van der Waals surface area contributed by atoms with Crippen LogP contribution in [-0.2, 0) is 11.3 Å². The fourth-order valence-corrected chi connectivity index (χ4v) is 2.71. The van der Waals surface area contributed by atoms with Gasteiger partial charge >= 0.3 is 0 Å². The van der Waals surface area contributed by atoms with E-state index in [0.717, 1.165) is 31.5 Å². The topological polar surface area (TPSA) is 32.3 Å².